The molecule has 4 nitrogen and oxygen atoms in total. The van der Waals surface area contributed by atoms with Crippen LogP contribution in [0.25, 0.3) is 32.7 Å². The summed E-state index contributed by atoms with van der Waals surface area (Å²) in [7, 11) is 1.56. The molecule has 1 N–H and O–H groups in total. The summed E-state index contributed by atoms with van der Waals surface area (Å²) in [6.45, 7) is 1.84. The van der Waals surface area contributed by atoms with Crippen molar-refractivity contribution in [3.8, 4) is 11.5 Å². The lowest BCUT2D eigenvalue weighted by Gasteiger charge is -2.09. The van der Waals surface area contributed by atoms with Gasteiger partial charge < -0.3 is 14.3 Å². The van der Waals surface area contributed by atoms with Crippen LogP contribution in [0.15, 0.2) is 51.7 Å². The predicted molar refractivity (Wildman–Crippen MR) is 90.4 cm³/mol. The lowest BCUT2D eigenvalue weighted by atomic mass is 10.0. The van der Waals surface area contributed by atoms with Gasteiger partial charge in [-0.2, -0.15) is 0 Å². The maximum atomic E-state index is 12.9. The largest absolute Gasteiger partial charge is 0.504 e. The van der Waals surface area contributed by atoms with Gasteiger partial charge in [0.05, 0.1) is 17.9 Å². The smallest absolute Gasteiger partial charge is 0.200 e. The van der Waals surface area contributed by atoms with Crippen LogP contribution in [-0.4, -0.2) is 12.2 Å². The summed E-state index contributed by atoms with van der Waals surface area (Å²) < 4.78 is 11.1. The lowest BCUT2D eigenvalue weighted by Crippen LogP contribution is -2.04. The number of hydrogen-bond acceptors (Lipinski definition) is 4. The van der Waals surface area contributed by atoms with Gasteiger partial charge >= 0.3 is 0 Å². The molecule has 23 heavy (non-hydrogen) atoms. The Balaban J connectivity index is 2.27. The van der Waals surface area contributed by atoms with E-state index in [0.717, 1.165) is 10.9 Å². The molecular weight excluding hydrogens is 292 g/mol. The second-order valence-electron chi connectivity index (χ2n) is 5.57. The highest BCUT2D eigenvalue weighted by Crippen LogP contribution is 2.35. The van der Waals surface area contributed by atoms with Crippen LogP contribution < -0.4 is 10.2 Å². The van der Waals surface area contributed by atoms with Gasteiger partial charge in [0, 0.05) is 11.5 Å². The fourth-order valence-electron chi connectivity index (χ4n) is 3.04. The number of benzene rings is 3. The fraction of sp³-hybridized carbons (Fsp3) is 0.105. The van der Waals surface area contributed by atoms with Crippen molar-refractivity contribution in [2.75, 3.05) is 7.11 Å². The summed E-state index contributed by atoms with van der Waals surface area (Å²) in [5.41, 5.74) is 1.24. The quantitative estimate of drug-likeness (QED) is 0.537. The van der Waals surface area contributed by atoms with E-state index in [1.807, 2.05) is 25.1 Å². The first kappa shape index (κ1) is 13.6. The van der Waals surface area contributed by atoms with Crippen molar-refractivity contribution in [2.45, 2.75) is 6.92 Å². The Labute approximate surface area is 131 Å². The van der Waals surface area contributed by atoms with Crippen molar-refractivity contribution in [2.24, 2.45) is 0 Å². The minimum absolute atomic E-state index is 0.0161. The van der Waals surface area contributed by atoms with E-state index in [-0.39, 0.29) is 16.8 Å². The normalized spacial score (nSPS) is 11.4. The summed E-state index contributed by atoms with van der Waals surface area (Å²) in [5.74, 6) is 0.593. The summed E-state index contributed by atoms with van der Waals surface area (Å²) in [5, 5.41) is 12.9. The van der Waals surface area contributed by atoms with E-state index in [2.05, 4.69) is 0 Å². The van der Waals surface area contributed by atoms with Crippen molar-refractivity contribution in [3.05, 3.63) is 58.3 Å². The van der Waals surface area contributed by atoms with Crippen LogP contribution in [0.2, 0.25) is 0 Å². The summed E-state index contributed by atoms with van der Waals surface area (Å²) in [6.07, 6.45) is 0. The molecule has 4 heteroatoms. The van der Waals surface area contributed by atoms with E-state index >= 15 is 0 Å². The second-order valence-corrected chi connectivity index (χ2v) is 5.57. The molecule has 0 aliphatic carbocycles. The number of methoxy groups -OCH3 is 1. The number of aromatic hydroxyl groups is 1. The Kier molecular flexibility index (Phi) is 2.81. The molecule has 0 bridgehead atoms. The average Bonchev–Trinajstić information content (AvgIpc) is 2.56. The number of aryl methyl sites for hydroxylation is 1. The third-order valence-corrected chi connectivity index (χ3v) is 4.17. The van der Waals surface area contributed by atoms with E-state index in [0.29, 0.717) is 27.5 Å². The van der Waals surface area contributed by atoms with E-state index in [4.69, 9.17) is 9.15 Å². The molecule has 1 aromatic heterocycles. The van der Waals surface area contributed by atoms with Gasteiger partial charge in [0.2, 0.25) is 5.43 Å². The van der Waals surface area contributed by atoms with Crippen LogP contribution in [0.5, 0.6) is 11.5 Å². The minimum Gasteiger partial charge on any atom is -0.504 e. The molecule has 4 rings (SSSR count). The van der Waals surface area contributed by atoms with E-state index in [9.17, 15) is 9.90 Å². The summed E-state index contributed by atoms with van der Waals surface area (Å²) in [6, 6.07) is 12.6. The van der Waals surface area contributed by atoms with E-state index < -0.39 is 0 Å². The first-order chi connectivity index (χ1) is 11.1. The lowest BCUT2D eigenvalue weighted by molar-refractivity contribution is 0.414. The number of rotatable bonds is 1. The van der Waals surface area contributed by atoms with Gasteiger partial charge in [-0.25, -0.2) is 0 Å². The molecule has 0 fully saturated rings. The topological polar surface area (TPSA) is 59.7 Å². The van der Waals surface area contributed by atoms with Gasteiger partial charge in [-0.05, 0) is 30.0 Å². The zero-order chi connectivity index (χ0) is 16.1. The molecular formula is C19H14O4. The van der Waals surface area contributed by atoms with Gasteiger partial charge in [-0.3, -0.25) is 4.79 Å². The maximum Gasteiger partial charge on any atom is 0.200 e. The van der Waals surface area contributed by atoms with Gasteiger partial charge in [0.1, 0.15) is 11.3 Å². The Morgan fingerprint density at radius 1 is 1.09 bits per heavy atom. The minimum atomic E-state index is -0.151. The van der Waals surface area contributed by atoms with Crippen molar-refractivity contribution < 1.29 is 14.3 Å². The average molecular weight is 306 g/mol. The highest BCUT2D eigenvalue weighted by atomic mass is 16.5. The van der Waals surface area contributed by atoms with Crippen LogP contribution in [0, 0.1) is 6.92 Å². The fourth-order valence-corrected chi connectivity index (χ4v) is 3.04. The Hall–Kier alpha value is -3.01. The van der Waals surface area contributed by atoms with Crippen molar-refractivity contribution in [3.63, 3.8) is 0 Å². The number of ether oxygens (including phenoxy) is 1. The molecule has 0 spiro atoms. The highest BCUT2D eigenvalue weighted by Gasteiger charge is 2.16. The van der Waals surface area contributed by atoms with Crippen molar-refractivity contribution in [1.82, 2.24) is 0 Å². The summed E-state index contributed by atoms with van der Waals surface area (Å²) >= 11 is 0. The molecule has 0 saturated heterocycles. The van der Waals surface area contributed by atoms with Gasteiger partial charge in [-0.1, -0.05) is 24.3 Å². The SMILES string of the molecule is COc1cc(C)c2c(=O)c3cc4ccccc4c(O)c3oc2c1. The van der Waals surface area contributed by atoms with Crippen LogP contribution in [-0.2, 0) is 0 Å². The predicted octanol–water partition coefficient (Wildman–Crippen LogP) is 4.12. The zero-order valence-electron chi connectivity index (χ0n) is 12.7. The molecule has 0 atom stereocenters. The molecule has 1 heterocycles. The van der Waals surface area contributed by atoms with Gasteiger partial charge in [-0.15, -0.1) is 0 Å². The standard InChI is InChI=1S/C19H14O4/c1-10-7-12(22-2)9-15-16(10)17(20)14-8-11-5-3-4-6-13(11)18(21)19(14)23-15/h3-9,21H,1-2H3. The van der Waals surface area contributed by atoms with Gasteiger partial charge in [0.25, 0.3) is 0 Å². The first-order valence-electron chi connectivity index (χ1n) is 7.26. The molecule has 0 aliphatic heterocycles. The van der Waals surface area contributed by atoms with Crippen molar-refractivity contribution in [1.29, 1.82) is 0 Å². The molecule has 0 amide bonds. The Morgan fingerprint density at radius 2 is 1.87 bits per heavy atom. The summed E-state index contributed by atoms with van der Waals surface area (Å²) in [4.78, 5) is 12.9. The Bertz CT molecular complexity index is 1140. The molecule has 0 unspecified atom stereocenters. The van der Waals surface area contributed by atoms with Crippen LogP contribution in [0.1, 0.15) is 5.56 Å². The van der Waals surface area contributed by atoms with Crippen molar-refractivity contribution >= 4 is 32.7 Å². The van der Waals surface area contributed by atoms with Crippen LogP contribution >= 0.6 is 0 Å². The van der Waals surface area contributed by atoms with Crippen LogP contribution in [0.3, 0.4) is 0 Å². The molecule has 0 radical (unpaired) electrons. The molecule has 3 aromatic carbocycles. The van der Waals surface area contributed by atoms with E-state index in [1.165, 1.54) is 0 Å². The molecule has 0 saturated carbocycles. The number of phenols is 1. The zero-order valence-corrected chi connectivity index (χ0v) is 12.7. The maximum absolute atomic E-state index is 12.9. The monoisotopic (exact) mass is 306 g/mol. The highest BCUT2D eigenvalue weighted by molar-refractivity contribution is 6.05. The number of fused-ring (bicyclic) bond motifs is 3. The molecule has 0 aliphatic rings. The number of phenolic OH excluding ortho intramolecular Hbond substituents is 1. The van der Waals surface area contributed by atoms with Gasteiger partial charge in [0.15, 0.2) is 11.3 Å². The first-order valence-corrected chi connectivity index (χ1v) is 7.26. The molecule has 4 aromatic rings. The third kappa shape index (κ3) is 1.88. The third-order valence-electron chi connectivity index (χ3n) is 4.17. The second kappa shape index (κ2) is 4.74. The molecule has 114 valence electrons. The van der Waals surface area contributed by atoms with Crippen LogP contribution in [0.4, 0.5) is 0 Å². The number of hydrogen-bond donors (Lipinski definition) is 1. The van der Waals surface area contributed by atoms with E-state index in [1.54, 1.807) is 31.4 Å². The Morgan fingerprint density at radius 3 is 2.65 bits per heavy atom.